The van der Waals surface area contributed by atoms with E-state index < -0.39 is 5.82 Å². The predicted molar refractivity (Wildman–Crippen MR) is 72.0 cm³/mol. The van der Waals surface area contributed by atoms with Crippen LogP contribution < -0.4 is 10.5 Å². The maximum Gasteiger partial charge on any atom is 0.146 e. The molecule has 3 rings (SSSR count). The Balaban J connectivity index is 1.80. The lowest BCUT2D eigenvalue weighted by atomic mass is 10.2. The molecule has 0 saturated heterocycles. The van der Waals surface area contributed by atoms with Crippen molar-refractivity contribution in [2.75, 3.05) is 5.73 Å². The van der Waals surface area contributed by atoms with Crippen molar-refractivity contribution in [1.82, 2.24) is 10.3 Å². The molecule has 0 spiro atoms. The summed E-state index contributed by atoms with van der Waals surface area (Å²) in [7, 11) is 0. The van der Waals surface area contributed by atoms with Crippen LogP contribution in [0.4, 0.5) is 10.1 Å². The molecule has 0 atom stereocenters. The van der Waals surface area contributed by atoms with Crippen molar-refractivity contribution in [2.45, 2.75) is 6.61 Å². The summed E-state index contributed by atoms with van der Waals surface area (Å²) in [5.41, 5.74) is 7.15. The summed E-state index contributed by atoms with van der Waals surface area (Å²) in [6, 6.07) is 7.72. The Hall–Kier alpha value is -2.34. The number of hydrogen-bond acceptors (Lipinski definition) is 5. The van der Waals surface area contributed by atoms with E-state index in [1.165, 1.54) is 12.1 Å². The van der Waals surface area contributed by atoms with E-state index in [9.17, 15) is 4.39 Å². The minimum Gasteiger partial charge on any atom is -0.489 e. The van der Waals surface area contributed by atoms with Gasteiger partial charge in [-0.3, -0.25) is 0 Å². The summed E-state index contributed by atoms with van der Waals surface area (Å²) in [6.45, 7) is 0.118. The highest BCUT2D eigenvalue weighted by molar-refractivity contribution is 6.31. The number of rotatable bonds is 3. The molecule has 3 aromatic rings. The zero-order valence-electron chi connectivity index (χ0n) is 10.1. The molecule has 0 fully saturated rings. The number of anilines is 1. The quantitative estimate of drug-likeness (QED) is 0.751. The molecule has 1 aromatic heterocycles. The topological polar surface area (TPSA) is 74.2 Å². The monoisotopic (exact) mass is 293 g/mol. The minimum absolute atomic E-state index is 0.00819. The molecule has 20 heavy (non-hydrogen) atoms. The maximum absolute atomic E-state index is 13.4. The van der Waals surface area contributed by atoms with Gasteiger partial charge in [0.15, 0.2) is 0 Å². The van der Waals surface area contributed by atoms with Crippen LogP contribution >= 0.6 is 11.6 Å². The molecule has 0 amide bonds. The molecule has 2 N–H and O–H groups in total. The molecular weight excluding hydrogens is 285 g/mol. The fourth-order valence-corrected chi connectivity index (χ4v) is 1.95. The van der Waals surface area contributed by atoms with Gasteiger partial charge in [-0.2, -0.15) is 0 Å². The van der Waals surface area contributed by atoms with Gasteiger partial charge in [-0.25, -0.2) is 9.02 Å². The first-order chi connectivity index (χ1) is 9.63. The minimum atomic E-state index is -0.524. The second-order valence-corrected chi connectivity index (χ2v) is 4.58. The van der Waals surface area contributed by atoms with Crippen LogP contribution in [0.3, 0.4) is 0 Å². The maximum atomic E-state index is 13.4. The van der Waals surface area contributed by atoms with Gasteiger partial charge in [0, 0.05) is 16.7 Å². The van der Waals surface area contributed by atoms with Crippen LogP contribution in [0.1, 0.15) is 5.56 Å². The van der Waals surface area contributed by atoms with Gasteiger partial charge in [-0.1, -0.05) is 11.6 Å². The molecule has 7 heteroatoms. The molecule has 102 valence electrons. The van der Waals surface area contributed by atoms with E-state index in [0.717, 1.165) is 0 Å². The van der Waals surface area contributed by atoms with E-state index in [1.54, 1.807) is 18.2 Å². The molecular formula is C13H9ClFN3O2. The smallest absolute Gasteiger partial charge is 0.146 e. The van der Waals surface area contributed by atoms with Crippen molar-refractivity contribution < 1.29 is 13.8 Å². The molecule has 0 radical (unpaired) electrons. The summed E-state index contributed by atoms with van der Waals surface area (Å²) in [5.74, 6) is 0.0330. The van der Waals surface area contributed by atoms with Crippen LogP contribution in [0.2, 0.25) is 5.02 Å². The number of hydrogen-bond donors (Lipinski definition) is 1. The predicted octanol–water partition coefficient (Wildman–Crippen LogP) is 3.18. The van der Waals surface area contributed by atoms with Crippen molar-refractivity contribution in [3.8, 4) is 5.75 Å². The largest absolute Gasteiger partial charge is 0.489 e. The average molecular weight is 294 g/mol. The molecule has 0 aliphatic heterocycles. The lowest BCUT2D eigenvalue weighted by Gasteiger charge is -2.08. The molecule has 0 unspecified atom stereocenters. The van der Waals surface area contributed by atoms with Crippen molar-refractivity contribution in [3.05, 3.63) is 46.7 Å². The van der Waals surface area contributed by atoms with Crippen molar-refractivity contribution in [3.63, 3.8) is 0 Å². The second kappa shape index (κ2) is 4.97. The van der Waals surface area contributed by atoms with Crippen molar-refractivity contribution >= 4 is 28.3 Å². The highest BCUT2D eigenvalue weighted by Crippen LogP contribution is 2.24. The lowest BCUT2D eigenvalue weighted by Crippen LogP contribution is -1.99. The number of halogens is 2. The first-order valence-corrected chi connectivity index (χ1v) is 6.10. The number of nitrogens with two attached hydrogens (primary N) is 1. The van der Waals surface area contributed by atoms with Crippen LogP contribution in [0.15, 0.2) is 35.0 Å². The van der Waals surface area contributed by atoms with Crippen LogP contribution in [-0.2, 0) is 6.61 Å². The molecule has 1 heterocycles. The summed E-state index contributed by atoms with van der Waals surface area (Å²) in [4.78, 5) is 0. The molecule has 0 saturated carbocycles. The number of aromatic nitrogens is 2. The first-order valence-electron chi connectivity index (χ1n) is 5.72. The van der Waals surface area contributed by atoms with Crippen LogP contribution in [0.25, 0.3) is 11.0 Å². The van der Waals surface area contributed by atoms with E-state index in [1.807, 2.05) is 0 Å². The van der Waals surface area contributed by atoms with Gasteiger partial charge >= 0.3 is 0 Å². The Morgan fingerprint density at radius 1 is 1.20 bits per heavy atom. The van der Waals surface area contributed by atoms with Crippen LogP contribution in [0, 0.1) is 5.82 Å². The molecule has 5 nitrogen and oxygen atoms in total. The van der Waals surface area contributed by atoms with Gasteiger partial charge in [0.2, 0.25) is 0 Å². The van der Waals surface area contributed by atoms with Gasteiger partial charge in [-0.05, 0) is 34.6 Å². The number of nitrogen functional groups attached to an aromatic ring is 1. The molecule has 0 aliphatic rings. The van der Waals surface area contributed by atoms with Gasteiger partial charge in [0.25, 0.3) is 0 Å². The van der Waals surface area contributed by atoms with Crippen molar-refractivity contribution in [1.29, 1.82) is 0 Å². The molecule has 2 aromatic carbocycles. The average Bonchev–Trinajstić information content (AvgIpc) is 2.89. The second-order valence-electron chi connectivity index (χ2n) is 4.17. The Labute approximate surface area is 118 Å². The third kappa shape index (κ3) is 2.37. The first kappa shape index (κ1) is 12.7. The van der Waals surface area contributed by atoms with Gasteiger partial charge in [0.05, 0.1) is 5.69 Å². The standard InChI is InChI=1S/C13H9ClFN3O2/c14-9-5-11(16)10(15)3-7(9)6-19-8-1-2-12-13(4-8)18-20-17-12/h1-5H,6,16H2. The van der Waals surface area contributed by atoms with E-state index in [0.29, 0.717) is 27.4 Å². The van der Waals surface area contributed by atoms with E-state index in [4.69, 9.17) is 22.1 Å². The number of fused-ring (bicyclic) bond motifs is 1. The van der Waals surface area contributed by atoms with E-state index in [2.05, 4.69) is 14.9 Å². The van der Waals surface area contributed by atoms with Crippen LogP contribution in [0.5, 0.6) is 5.75 Å². The third-order valence-electron chi connectivity index (χ3n) is 2.79. The summed E-state index contributed by atoms with van der Waals surface area (Å²) in [5, 5.41) is 7.75. The van der Waals surface area contributed by atoms with Gasteiger partial charge in [-0.15, -0.1) is 0 Å². The van der Waals surface area contributed by atoms with Gasteiger partial charge in [0.1, 0.15) is 29.2 Å². The highest BCUT2D eigenvalue weighted by atomic mass is 35.5. The zero-order valence-corrected chi connectivity index (χ0v) is 10.9. The normalized spacial score (nSPS) is 10.9. The highest BCUT2D eigenvalue weighted by Gasteiger charge is 2.08. The van der Waals surface area contributed by atoms with Crippen LogP contribution in [-0.4, -0.2) is 10.3 Å². The number of ether oxygens (including phenoxy) is 1. The SMILES string of the molecule is Nc1cc(Cl)c(COc2ccc3nonc3c2)cc1F. The zero-order chi connectivity index (χ0) is 14.1. The Morgan fingerprint density at radius 2 is 2.00 bits per heavy atom. The third-order valence-corrected chi connectivity index (χ3v) is 3.14. The molecule has 0 bridgehead atoms. The molecule has 0 aliphatic carbocycles. The summed E-state index contributed by atoms with van der Waals surface area (Å²) in [6.07, 6.45) is 0. The van der Waals surface area contributed by atoms with Gasteiger partial charge < -0.3 is 10.5 Å². The van der Waals surface area contributed by atoms with Crippen molar-refractivity contribution in [2.24, 2.45) is 0 Å². The summed E-state index contributed by atoms with van der Waals surface area (Å²) >= 11 is 5.98. The Kier molecular flexibility index (Phi) is 3.15. The lowest BCUT2D eigenvalue weighted by molar-refractivity contribution is 0.305. The summed E-state index contributed by atoms with van der Waals surface area (Å²) < 4.78 is 23.5. The Morgan fingerprint density at radius 3 is 2.85 bits per heavy atom. The fraction of sp³-hybridized carbons (Fsp3) is 0.0769. The van der Waals surface area contributed by atoms with E-state index in [-0.39, 0.29) is 12.3 Å². The van der Waals surface area contributed by atoms with E-state index >= 15 is 0 Å². The number of nitrogens with zero attached hydrogens (tertiary/aromatic N) is 2. The fourth-order valence-electron chi connectivity index (χ4n) is 1.73. The Bertz CT molecular complexity index is 775. The number of benzene rings is 2.